The molecule has 120 valence electrons. The fourth-order valence-corrected chi connectivity index (χ4v) is 3.96. The Morgan fingerprint density at radius 3 is 2.81 bits per heavy atom. The molecule has 21 heavy (non-hydrogen) atoms. The van der Waals surface area contributed by atoms with Crippen molar-refractivity contribution in [3.8, 4) is 0 Å². The Hall–Kier alpha value is -0.890. The monoisotopic (exact) mass is 316 g/mol. The van der Waals surface area contributed by atoms with Crippen LogP contribution in [-0.4, -0.2) is 33.7 Å². The summed E-state index contributed by atoms with van der Waals surface area (Å²) in [6.45, 7) is 7.62. The van der Waals surface area contributed by atoms with Gasteiger partial charge in [-0.25, -0.2) is 13.1 Å². The van der Waals surface area contributed by atoms with E-state index in [4.69, 9.17) is 9.15 Å². The number of rotatable bonds is 7. The second-order valence-corrected chi connectivity index (χ2v) is 7.08. The fourth-order valence-electron chi connectivity index (χ4n) is 2.42. The molecule has 0 amide bonds. The zero-order valence-electron chi connectivity index (χ0n) is 12.8. The largest absolute Gasteiger partial charge is 0.464 e. The lowest BCUT2D eigenvalue weighted by atomic mass is 10.2. The Kier molecular flexibility index (Phi) is 5.43. The summed E-state index contributed by atoms with van der Waals surface area (Å²) in [5.74, 6) is 1.06. The summed E-state index contributed by atoms with van der Waals surface area (Å²) in [4.78, 5) is 0.217. The van der Waals surface area contributed by atoms with Crippen molar-refractivity contribution >= 4 is 10.0 Å². The van der Waals surface area contributed by atoms with Crippen LogP contribution in [0.1, 0.15) is 38.2 Å². The number of hydrogen-bond acceptors (Lipinski definition) is 5. The van der Waals surface area contributed by atoms with E-state index in [1.165, 1.54) is 0 Å². The molecule has 0 aromatic carbocycles. The maximum Gasteiger partial charge on any atom is 0.244 e. The molecule has 2 atom stereocenters. The summed E-state index contributed by atoms with van der Waals surface area (Å²) in [5, 5.41) is 3.19. The Bertz CT molecular complexity index is 568. The highest BCUT2D eigenvalue weighted by Gasteiger charge is 2.31. The van der Waals surface area contributed by atoms with E-state index in [0.29, 0.717) is 31.1 Å². The molecule has 1 aliphatic rings. The first-order valence-electron chi connectivity index (χ1n) is 7.38. The molecule has 1 aromatic rings. The van der Waals surface area contributed by atoms with Gasteiger partial charge in [-0.05, 0) is 33.2 Å². The van der Waals surface area contributed by atoms with Crippen molar-refractivity contribution in [3.63, 3.8) is 0 Å². The summed E-state index contributed by atoms with van der Waals surface area (Å²) < 4.78 is 38.5. The molecule has 0 bridgehead atoms. The quantitative estimate of drug-likeness (QED) is 0.746. The van der Waals surface area contributed by atoms with E-state index < -0.39 is 10.0 Å². The topological polar surface area (TPSA) is 80.6 Å². The van der Waals surface area contributed by atoms with Crippen molar-refractivity contribution in [1.82, 2.24) is 10.0 Å². The van der Waals surface area contributed by atoms with E-state index in [0.717, 1.165) is 13.0 Å². The van der Waals surface area contributed by atoms with Gasteiger partial charge in [0.1, 0.15) is 16.4 Å². The highest BCUT2D eigenvalue weighted by Crippen LogP contribution is 2.22. The number of sulfonamides is 1. The van der Waals surface area contributed by atoms with Crippen molar-refractivity contribution in [3.05, 3.63) is 17.6 Å². The fraction of sp³-hybridized carbons (Fsp3) is 0.714. The molecule has 0 spiro atoms. The third-order valence-electron chi connectivity index (χ3n) is 3.62. The normalized spacial score (nSPS) is 22.8. The van der Waals surface area contributed by atoms with Gasteiger partial charge in [0.15, 0.2) is 0 Å². The average molecular weight is 316 g/mol. The van der Waals surface area contributed by atoms with Crippen molar-refractivity contribution in [1.29, 1.82) is 0 Å². The van der Waals surface area contributed by atoms with Crippen LogP contribution in [0.5, 0.6) is 0 Å². The minimum atomic E-state index is -3.57. The van der Waals surface area contributed by atoms with Crippen LogP contribution in [0.25, 0.3) is 0 Å². The lowest BCUT2D eigenvalue weighted by Gasteiger charge is -2.15. The van der Waals surface area contributed by atoms with Crippen LogP contribution >= 0.6 is 0 Å². The molecule has 1 fully saturated rings. The van der Waals surface area contributed by atoms with Gasteiger partial charge in [0.05, 0.1) is 18.7 Å². The molecule has 2 heterocycles. The van der Waals surface area contributed by atoms with Crippen LogP contribution in [0.15, 0.2) is 15.4 Å². The summed E-state index contributed by atoms with van der Waals surface area (Å²) >= 11 is 0. The molecule has 7 heteroatoms. The van der Waals surface area contributed by atoms with Crippen molar-refractivity contribution in [2.75, 3.05) is 13.2 Å². The van der Waals surface area contributed by atoms with Gasteiger partial charge in [-0.3, -0.25) is 0 Å². The lowest BCUT2D eigenvalue weighted by molar-refractivity contribution is 0.117. The first-order chi connectivity index (χ1) is 9.94. The van der Waals surface area contributed by atoms with E-state index in [-0.39, 0.29) is 17.0 Å². The van der Waals surface area contributed by atoms with Crippen LogP contribution in [0.2, 0.25) is 0 Å². The molecule has 1 aliphatic heterocycles. The molecule has 0 saturated carbocycles. The summed E-state index contributed by atoms with van der Waals surface area (Å²) in [6, 6.07) is 1.42. The average Bonchev–Trinajstić information content (AvgIpc) is 2.97. The van der Waals surface area contributed by atoms with E-state index in [1.54, 1.807) is 13.0 Å². The number of aryl methyl sites for hydroxylation is 1. The Labute approximate surface area is 126 Å². The van der Waals surface area contributed by atoms with Gasteiger partial charge in [0, 0.05) is 12.7 Å². The van der Waals surface area contributed by atoms with Gasteiger partial charge in [-0.15, -0.1) is 0 Å². The van der Waals surface area contributed by atoms with E-state index in [1.807, 2.05) is 6.92 Å². The predicted octanol–water partition coefficient (Wildman–Crippen LogP) is 1.54. The highest BCUT2D eigenvalue weighted by molar-refractivity contribution is 7.89. The van der Waals surface area contributed by atoms with Crippen molar-refractivity contribution < 1.29 is 17.6 Å². The van der Waals surface area contributed by atoms with Crippen LogP contribution in [0.3, 0.4) is 0 Å². The molecule has 6 nitrogen and oxygen atoms in total. The summed E-state index contributed by atoms with van der Waals surface area (Å²) in [6.07, 6.45) is 1.62. The van der Waals surface area contributed by atoms with Gasteiger partial charge in [0.25, 0.3) is 0 Å². The smallest absolute Gasteiger partial charge is 0.244 e. The molecular formula is C14H24N2O4S. The van der Waals surface area contributed by atoms with Crippen LogP contribution < -0.4 is 10.0 Å². The molecule has 2 N–H and O–H groups in total. The van der Waals surface area contributed by atoms with Gasteiger partial charge in [-0.2, -0.15) is 0 Å². The van der Waals surface area contributed by atoms with Crippen LogP contribution in [0.4, 0.5) is 0 Å². The molecule has 1 saturated heterocycles. The van der Waals surface area contributed by atoms with Gasteiger partial charge in [0.2, 0.25) is 10.0 Å². The number of hydrogen-bond donors (Lipinski definition) is 2. The minimum Gasteiger partial charge on any atom is -0.464 e. The summed E-state index contributed by atoms with van der Waals surface area (Å²) in [5.41, 5.74) is 0. The zero-order chi connectivity index (χ0) is 15.5. The molecule has 2 rings (SSSR count). The number of furan rings is 1. The van der Waals surface area contributed by atoms with Gasteiger partial charge in [-0.1, -0.05) is 6.92 Å². The SMILES string of the molecule is CCCNCc1cc(S(=O)(=O)NC2CCOC2C)c(C)o1. The highest BCUT2D eigenvalue weighted by atomic mass is 32.2. The predicted molar refractivity (Wildman–Crippen MR) is 79.6 cm³/mol. The Morgan fingerprint density at radius 1 is 1.43 bits per heavy atom. The minimum absolute atomic E-state index is 0.0994. The van der Waals surface area contributed by atoms with Crippen molar-refractivity contribution in [2.24, 2.45) is 0 Å². The van der Waals surface area contributed by atoms with E-state index >= 15 is 0 Å². The molecule has 2 unspecified atom stereocenters. The van der Waals surface area contributed by atoms with Crippen LogP contribution in [-0.2, 0) is 21.3 Å². The third-order valence-corrected chi connectivity index (χ3v) is 5.22. The molecule has 0 aliphatic carbocycles. The van der Waals surface area contributed by atoms with Gasteiger partial charge < -0.3 is 14.5 Å². The van der Waals surface area contributed by atoms with Crippen molar-refractivity contribution in [2.45, 2.75) is 57.2 Å². The molecule has 0 radical (unpaired) electrons. The second-order valence-electron chi connectivity index (χ2n) is 5.40. The second kappa shape index (κ2) is 6.91. The molecule has 1 aromatic heterocycles. The standard InChI is InChI=1S/C14H24N2O4S/c1-4-6-15-9-12-8-14(11(3)20-12)21(17,18)16-13-5-7-19-10(13)2/h8,10,13,15-16H,4-7,9H2,1-3H3. The third kappa shape index (κ3) is 4.06. The van der Waals surface area contributed by atoms with Crippen LogP contribution in [0, 0.1) is 6.92 Å². The van der Waals surface area contributed by atoms with E-state index in [2.05, 4.69) is 17.0 Å². The molecular weight excluding hydrogens is 292 g/mol. The number of nitrogens with one attached hydrogen (secondary N) is 2. The summed E-state index contributed by atoms with van der Waals surface area (Å²) in [7, 11) is -3.57. The maximum atomic E-state index is 12.5. The zero-order valence-corrected chi connectivity index (χ0v) is 13.6. The lowest BCUT2D eigenvalue weighted by Crippen LogP contribution is -2.39. The van der Waals surface area contributed by atoms with E-state index in [9.17, 15) is 8.42 Å². The Balaban J connectivity index is 2.08. The first-order valence-corrected chi connectivity index (χ1v) is 8.86. The first kappa shape index (κ1) is 16.5. The Morgan fingerprint density at radius 2 is 2.19 bits per heavy atom. The van der Waals surface area contributed by atoms with Gasteiger partial charge >= 0.3 is 0 Å². The number of ether oxygens (including phenoxy) is 1. The maximum absolute atomic E-state index is 12.5.